The van der Waals surface area contributed by atoms with Crippen molar-refractivity contribution in [2.45, 2.75) is 18.9 Å². The summed E-state index contributed by atoms with van der Waals surface area (Å²) in [5.74, 6) is 0.749. The molecule has 0 saturated carbocycles. The van der Waals surface area contributed by atoms with Crippen LogP contribution in [-0.2, 0) is 4.74 Å². The lowest BCUT2D eigenvalue weighted by atomic mass is 10.2. The summed E-state index contributed by atoms with van der Waals surface area (Å²) in [6, 6.07) is 5.39. The quantitative estimate of drug-likeness (QED) is 0.686. The molecule has 0 aromatic heterocycles. The summed E-state index contributed by atoms with van der Waals surface area (Å²) in [5, 5.41) is 12.3. The van der Waals surface area contributed by atoms with Crippen molar-refractivity contribution in [1.29, 1.82) is 0 Å². The van der Waals surface area contributed by atoms with Crippen LogP contribution in [0.15, 0.2) is 18.2 Å². The Morgan fingerprint density at radius 3 is 3.00 bits per heavy atom. The zero-order valence-corrected chi connectivity index (χ0v) is 9.90. The van der Waals surface area contributed by atoms with E-state index < -0.39 is 0 Å². The molecular formula is C12H18N2O3. The van der Waals surface area contributed by atoms with Gasteiger partial charge in [-0.05, 0) is 25.0 Å². The van der Waals surface area contributed by atoms with Gasteiger partial charge in [-0.15, -0.1) is 0 Å². The number of hydrogen-bond donors (Lipinski definition) is 3. The maximum absolute atomic E-state index is 9.01. The van der Waals surface area contributed by atoms with Crippen molar-refractivity contribution < 1.29 is 14.7 Å². The lowest BCUT2D eigenvalue weighted by Crippen LogP contribution is -2.19. The topological polar surface area (TPSA) is 62.8 Å². The Hall–Kier alpha value is -1.46. The van der Waals surface area contributed by atoms with E-state index in [9.17, 15) is 0 Å². The maximum Gasteiger partial charge on any atom is 0.121 e. The Kier molecular flexibility index (Phi) is 4.06. The van der Waals surface area contributed by atoms with E-state index in [0.717, 1.165) is 37.4 Å². The molecule has 1 aliphatic heterocycles. The highest BCUT2D eigenvalue weighted by molar-refractivity contribution is 5.69. The molecule has 0 bridgehead atoms. The first-order chi connectivity index (χ1) is 8.33. The second-order valence-corrected chi connectivity index (χ2v) is 4.04. The average molecular weight is 238 g/mol. The average Bonchev–Trinajstić information content (AvgIpc) is 2.89. The zero-order chi connectivity index (χ0) is 12.1. The van der Waals surface area contributed by atoms with E-state index >= 15 is 0 Å². The minimum absolute atomic E-state index is 0.257. The van der Waals surface area contributed by atoms with Crippen molar-refractivity contribution in [1.82, 2.24) is 0 Å². The minimum atomic E-state index is 0.257. The van der Waals surface area contributed by atoms with E-state index in [1.54, 1.807) is 19.2 Å². The molecule has 94 valence electrons. The third-order valence-electron chi connectivity index (χ3n) is 2.89. The number of nitrogens with one attached hydrogen (secondary N) is 2. The summed E-state index contributed by atoms with van der Waals surface area (Å²) in [5.41, 5.74) is 3.60. The first kappa shape index (κ1) is 12.0. The van der Waals surface area contributed by atoms with Gasteiger partial charge in [-0.1, -0.05) is 0 Å². The molecule has 1 saturated heterocycles. The van der Waals surface area contributed by atoms with E-state index in [0.29, 0.717) is 5.69 Å². The van der Waals surface area contributed by atoms with Crippen molar-refractivity contribution in [3.8, 4) is 5.75 Å². The molecule has 2 rings (SSSR count). The third-order valence-corrected chi connectivity index (χ3v) is 2.89. The normalized spacial score (nSPS) is 19.1. The number of hydrogen-bond acceptors (Lipinski definition) is 5. The molecule has 0 spiro atoms. The lowest BCUT2D eigenvalue weighted by Gasteiger charge is -2.15. The van der Waals surface area contributed by atoms with Gasteiger partial charge in [0, 0.05) is 19.2 Å². The molecule has 1 aliphatic rings. The Bertz CT molecular complexity index is 365. The number of benzene rings is 1. The van der Waals surface area contributed by atoms with Gasteiger partial charge in [-0.2, -0.15) is 0 Å². The second kappa shape index (κ2) is 5.75. The summed E-state index contributed by atoms with van der Waals surface area (Å²) < 4.78 is 10.7. The lowest BCUT2D eigenvalue weighted by molar-refractivity contribution is 0.120. The fourth-order valence-corrected chi connectivity index (χ4v) is 1.92. The highest BCUT2D eigenvalue weighted by Gasteiger charge is 2.15. The van der Waals surface area contributed by atoms with Crippen molar-refractivity contribution in [3.63, 3.8) is 0 Å². The summed E-state index contributed by atoms with van der Waals surface area (Å²) in [6.07, 6.45) is 2.46. The van der Waals surface area contributed by atoms with Gasteiger partial charge in [0.25, 0.3) is 0 Å². The van der Waals surface area contributed by atoms with Crippen LogP contribution in [0.25, 0.3) is 0 Å². The van der Waals surface area contributed by atoms with Crippen molar-refractivity contribution in [3.05, 3.63) is 18.2 Å². The Balaban J connectivity index is 2.01. The van der Waals surface area contributed by atoms with E-state index in [1.807, 2.05) is 6.07 Å². The van der Waals surface area contributed by atoms with Crippen LogP contribution in [0.1, 0.15) is 12.8 Å². The fraction of sp³-hybridized carbons (Fsp3) is 0.500. The van der Waals surface area contributed by atoms with Gasteiger partial charge in [0.05, 0.1) is 24.6 Å². The van der Waals surface area contributed by atoms with Crippen LogP contribution in [-0.4, -0.2) is 31.6 Å². The minimum Gasteiger partial charge on any atom is -0.497 e. The number of anilines is 2. The van der Waals surface area contributed by atoms with Gasteiger partial charge in [0.2, 0.25) is 0 Å². The molecule has 1 aromatic rings. The number of ether oxygens (including phenoxy) is 2. The SMILES string of the molecule is COc1ccc(NO)c(NCC2CCCO2)c1. The molecule has 1 fully saturated rings. The Labute approximate surface area is 101 Å². The predicted octanol–water partition coefficient (Wildman–Crippen LogP) is 2.09. The molecule has 1 aromatic carbocycles. The van der Waals surface area contributed by atoms with Crippen LogP contribution in [0.4, 0.5) is 11.4 Å². The van der Waals surface area contributed by atoms with Crippen LogP contribution in [0.5, 0.6) is 5.75 Å². The number of rotatable bonds is 5. The molecule has 17 heavy (non-hydrogen) atoms. The largest absolute Gasteiger partial charge is 0.497 e. The molecule has 0 aliphatic carbocycles. The Morgan fingerprint density at radius 1 is 1.47 bits per heavy atom. The van der Waals surface area contributed by atoms with E-state index in [-0.39, 0.29) is 6.10 Å². The van der Waals surface area contributed by atoms with Crippen LogP contribution >= 0.6 is 0 Å². The molecule has 0 radical (unpaired) electrons. The predicted molar refractivity (Wildman–Crippen MR) is 65.9 cm³/mol. The fourth-order valence-electron chi connectivity index (χ4n) is 1.92. The molecule has 3 N–H and O–H groups in total. The third kappa shape index (κ3) is 3.01. The Morgan fingerprint density at radius 2 is 2.35 bits per heavy atom. The summed E-state index contributed by atoms with van der Waals surface area (Å²) >= 11 is 0. The molecule has 1 heterocycles. The first-order valence-electron chi connectivity index (χ1n) is 5.77. The van der Waals surface area contributed by atoms with Gasteiger partial charge in [-0.3, -0.25) is 10.7 Å². The highest BCUT2D eigenvalue weighted by Crippen LogP contribution is 2.27. The van der Waals surface area contributed by atoms with Crippen molar-refractivity contribution in [2.24, 2.45) is 0 Å². The summed E-state index contributed by atoms with van der Waals surface area (Å²) in [4.78, 5) is 0. The molecule has 1 atom stereocenters. The molecule has 1 unspecified atom stereocenters. The van der Waals surface area contributed by atoms with E-state index in [4.69, 9.17) is 14.7 Å². The van der Waals surface area contributed by atoms with Gasteiger partial charge in [-0.25, -0.2) is 0 Å². The first-order valence-corrected chi connectivity index (χ1v) is 5.77. The van der Waals surface area contributed by atoms with Crippen LogP contribution in [0.2, 0.25) is 0 Å². The van der Waals surface area contributed by atoms with Gasteiger partial charge < -0.3 is 14.8 Å². The monoisotopic (exact) mass is 238 g/mol. The van der Waals surface area contributed by atoms with E-state index in [2.05, 4.69) is 10.8 Å². The van der Waals surface area contributed by atoms with E-state index in [1.165, 1.54) is 0 Å². The maximum atomic E-state index is 9.01. The van der Waals surface area contributed by atoms with Gasteiger partial charge in [0.15, 0.2) is 0 Å². The molecular weight excluding hydrogens is 220 g/mol. The van der Waals surface area contributed by atoms with Crippen molar-refractivity contribution in [2.75, 3.05) is 31.1 Å². The number of methoxy groups -OCH3 is 1. The van der Waals surface area contributed by atoms with Gasteiger partial charge in [0.1, 0.15) is 5.75 Å². The van der Waals surface area contributed by atoms with Gasteiger partial charge >= 0.3 is 0 Å². The summed E-state index contributed by atoms with van der Waals surface area (Å²) in [6.45, 7) is 1.58. The van der Waals surface area contributed by atoms with Crippen LogP contribution in [0.3, 0.4) is 0 Å². The highest BCUT2D eigenvalue weighted by atomic mass is 16.5. The molecule has 0 amide bonds. The van der Waals surface area contributed by atoms with Crippen molar-refractivity contribution >= 4 is 11.4 Å². The van der Waals surface area contributed by atoms with Crippen LogP contribution < -0.4 is 15.5 Å². The molecule has 5 heteroatoms. The van der Waals surface area contributed by atoms with Crippen LogP contribution in [0, 0.1) is 0 Å². The summed E-state index contributed by atoms with van der Waals surface area (Å²) in [7, 11) is 1.62. The smallest absolute Gasteiger partial charge is 0.121 e. The second-order valence-electron chi connectivity index (χ2n) is 4.04. The standard InChI is InChI=1S/C12H18N2O3/c1-16-9-4-5-11(14-15)12(7-9)13-8-10-3-2-6-17-10/h4-5,7,10,13-15H,2-3,6,8H2,1H3. The zero-order valence-electron chi connectivity index (χ0n) is 9.90. The molecule has 5 nitrogen and oxygen atoms in total.